The molecule has 0 spiro atoms. The van der Waals surface area contributed by atoms with Gasteiger partial charge in [-0.1, -0.05) is 54.9 Å². The Bertz CT molecular complexity index is 1310. The highest BCUT2D eigenvalue weighted by Crippen LogP contribution is 2.30. The maximum absolute atomic E-state index is 13.6. The Kier molecular flexibility index (Phi) is 7.82. The summed E-state index contributed by atoms with van der Waals surface area (Å²) in [5, 5.41) is 3.58. The zero-order valence-corrected chi connectivity index (χ0v) is 21.7. The monoisotopic (exact) mass is 510 g/mol. The van der Waals surface area contributed by atoms with Crippen LogP contribution in [0.5, 0.6) is 0 Å². The zero-order valence-electron chi connectivity index (χ0n) is 20.1. The average Bonchev–Trinajstić information content (AvgIpc) is 2.86. The molecule has 0 bridgehead atoms. The van der Waals surface area contributed by atoms with Gasteiger partial charge in [0.05, 0.1) is 16.6 Å². The molecule has 4 rings (SSSR count). The lowest BCUT2D eigenvalue weighted by Gasteiger charge is -2.27. The van der Waals surface area contributed by atoms with Crippen LogP contribution in [0, 0.1) is 6.92 Å². The number of carbonyl (C=O) groups is 1. The second kappa shape index (κ2) is 10.8. The van der Waals surface area contributed by atoms with Gasteiger partial charge in [0.2, 0.25) is 5.91 Å². The number of nitrogens with one attached hydrogen (secondary N) is 1. The molecule has 184 valence electrons. The molecule has 5 nitrogen and oxygen atoms in total. The van der Waals surface area contributed by atoms with Gasteiger partial charge in [0.25, 0.3) is 10.0 Å². The van der Waals surface area contributed by atoms with Crippen LogP contribution >= 0.6 is 11.6 Å². The molecule has 0 fully saturated rings. The molecule has 0 aliphatic heterocycles. The number of amides is 1. The standard InChI is InChI=1S/C28H31ClN2O3S/c1-3-26(23-14-13-21-9-7-8-10-22(21)18-23)30-28(32)19-31(27-16-15-24(29)17-20(27)2)35(33,34)25-11-5-4-6-12-25/h4-6,11-18,26H,3,7-10,19H2,1-2H3,(H,30,32)/t26-/m0/s1. The van der Waals surface area contributed by atoms with E-state index >= 15 is 0 Å². The van der Waals surface area contributed by atoms with Crippen LogP contribution in [0.4, 0.5) is 5.69 Å². The van der Waals surface area contributed by atoms with Crippen LogP contribution < -0.4 is 9.62 Å². The summed E-state index contributed by atoms with van der Waals surface area (Å²) >= 11 is 6.12. The van der Waals surface area contributed by atoms with Crippen LogP contribution in [0.15, 0.2) is 71.6 Å². The molecule has 0 radical (unpaired) electrons. The number of sulfonamides is 1. The molecular weight excluding hydrogens is 480 g/mol. The van der Waals surface area contributed by atoms with Crippen LogP contribution in [0.25, 0.3) is 0 Å². The molecule has 1 amide bonds. The fourth-order valence-electron chi connectivity index (χ4n) is 4.68. The lowest BCUT2D eigenvalue weighted by Crippen LogP contribution is -2.42. The second-order valence-electron chi connectivity index (χ2n) is 9.02. The predicted molar refractivity (Wildman–Crippen MR) is 141 cm³/mol. The molecule has 0 saturated carbocycles. The number of hydrogen-bond acceptors (Lipinski definition) is 3. The minimum absolute atomic E-state index is 0.129. The number of rotatable bonds is 8. The van der Waals surface area contributed by atoms with Crippen molar-refractivity contribution in [3.8, 4) is 0 Å². The number of carbonyl (C=O) groups excluding carboxylic acids is 1. The minimum atomic E-state index is -3.97. The molecule has 0 unspecified atom stereocenters. The molecule has 1 N–H and O–H groups in total. The summed E-state index contributed by atoms with van der Waals surface area (Å²) in [5.41, 5.74) is 4.90. The van der Waals surface area contributed by atoms with Gasteiger partial charge in [0.15, 0.2) is 0 Å². The summed E-state index contributed by atoms with van der Waals surface area (Å²) in [6.07, 6.45) is 5.27. The highest BCUT2D eigenvalue weighted by atomic mass is 35.5. The molecule has 35 heavy (non-hydrogen) atoms. The molecule has 1 aliphatic carbocycles. The Morgan fingerprint density at radius 2 is 1.71 bits per heavy atom. The van der Waals surface area contributed by atoms with Crippen LogP contribution in [0.2, 0.25) is 5.02 Å². The van der Waals surface area contributed by atoms with Crippen molar-refractivity contribution in [3.63, 3.8) is 0 Å². The van der Waals surface area contributed by atoms with E-state index in [2.05, 4.69) is 23.5 Å². The Balaban J connectivity index is 1.62. The van der Waals surface area contributed by atoms with Gasteiger partial charge in [0.1, 0.15) is 6.54 Å². The molecular formula is C28H31ClN2O3S. The van der Waals surface area contributed by atoms with Crippen molar-refractivity contribution >= 4 is 33.2 Å². The first-order valence-corrected chi connectivity index (χ1v) is 13.9. The molecule has 0 heterocycles. The van der Waals surface area contributed by atoms with E-state index in [1.807, 2.05) is 6.92 Å². The van der Waals surface area contributed by atoms with E-state index in [1.54, 1.807) is 43.3 Å². The summed E-state index contributed by atoms with van der Waals surface area (Å²) in [7, 11) is -3.97. The molecule has 1 aliphatic rings. The van der Waals surface area contributed by atoms with Crippen molar-refractivity contribution in [3.05, 3.63) is 94.0 Å². The smallest absolute Gasteiger partial charge is 0.264 e. The highest BCUT2D eigenvalue weighted by molar-refractivity contribution is 7.92. The third-order valence-corrected chi connectivity index (χ3v) is 8.57. The van der Waals surface area contributed by atoms with Crippen molar-refractivity contribution in [1.29, 1.82) is 0 Å². The van der Waals surface area contributed by atoms with Crippen LogP contribution in [0.1, 0.15) is 54.5 Å². The van der Waals surface area contributed by atoms with Gasteiger partial charge < -0.3 is 5.32 Å². The van der Waals surface area contributed by atoms with E-state index in [1.165, 1.54) is 40.4 Å². The number of fused-ring (bicyclic) bond motifs is 1. The largest absolute Gasteiger partial charge is 0.348 e. The van der Waals surface area contributed by atoms with E-state index in [4.69, 9.17) is 11.6 Å². The van der Waals surface area contributed by atoms with Crippen molar-refractivity contribution in [2.75, 3.05) is 10.8 Å². The topological polar surface area (TPSA) is 66.5 Å². The summed E-state index contributed by atoms with van der Waals surface area (Å²) in [6.45, 7) is 3.47. The van der Waals surface area contributed by atoms with Gasteiger partial charge >= 0.3 is 0 Å². The van der Waals surface area contributed by atoms with Gasteiger partial charge in [-0.15, -0.1) is 0 Å². The molecule has 0 aromatic heterocycles. The van der Waals surface area contributed by atoms with Gasteiger partial charge in [-0.3, -0.25) is 9.10 Å². The highest BCUT2D eigenvalue weighted by Gasteiger charge is 2.29. The molecule has 3 aromatic carbocycles. The minimum Gasteiger partial charge on any atom is -0.348 e. The van der Waals surface area contributed by atoms with Crippen molar-refractivity contribution in [2.45, 2.75) is 56.9 Å². The summed E-state index contributed by atoms with van der Waals surface area (Å²) < 4.78 is 28.4. The number of nitrogens with zero attached hydrogens (tertiary/aromatic N) is 1. The van der Waals surface area contributed by atoms with Crippen LogP contribution in [-0.4, -0.2) is 20.9 Å². The first-order valence-electron chi connectivity index (χ1n) is 12.0. The number of anilines is 1. The molecule has 7 heteroatoms. The van der Waals surface area contributed by atoms with E-state index in [0.29, 0.717) is 22.7 Å². The van der Waals surface area contributed by atoms with E-state index < -0.39 is 10.0 Å². The van der Waals surface area contributed by atoms with Crippen LogP contribution in [-0.2, 0) is 27.7 Å². The molecule has 0 saturated heterocycles. The summed E-state index contributed by atoms with van der Waals surface area (Å²) in [6, 6.07) is 19.4. The molecule has 3 aromatic rings. The van der Waals surface area contributed by atoms with Crippen molar-refractivity contribution < 1.29 is 13.2 Å². The SMILES string of the molecule is CC[C@H](NC(=O)CN(c1ccc(Cl)cc1C)S(=O)(=O)c1ccccc1)c1ccc2c(c1)CCCC2. The van der Waals surface area contributed by atoms with Gasteiger partial charge in [-0.25, -0.2) is 8.42 Å². The number of hydrogen-bond donors (Lipinski definition) is 1. The van der Waals surface area contributed by atoms with Crippen LogP contribution in [0.3, 0.4) is 0 Å². The predicted octanol–water partition coefficient (Wildman–Crippen LogP) is 5.99. The summed E-state index contributed by atoms with van der Waals surface area (Å²) in [5.74, 6) is -0.358. The van der Waals surface area contributed by atoms with Crippen molar-refractivity contribution in [1.82, 2.24) is 5.32 Å². The third kappa shape index (κ3) is 5.71. The first-order chi connectivity index (χ1) is 16.8. The third-order valence-electron chi connectivity index (χ3n) is 6.56. The Morgan fingerprint density at radius 3 is 2.40 bits per heavy atom. The molecule has 1 atom stereocenters. The Morgan fingerprint density at radius 1 is 1.00 bits per heavy atom. The normalized spacial score (nSPS) is 14.1. The van der Waals surface area contributed by atoms with E-state index in [0.717, 1.165) is 18.4 Å². The average molecular weight is 511 g/mol. The van der Waals surface area contributed by atoms with Gasteiger partial charge in [-0.2, -0.15) is 0 Å². The van der Waals surface area contributed by atoms with Crippen molar-refractivity contribution in [2.24, 2.45) is 0 Å². The quantitative estimate of drug-likeness (QED) is 0.404. The van der Waals surface area contributed by atoms with Gasteiger partial charge in [0, 0.05) is 5.02 Å². The lowest BCUT2D eigenvalue weighted by atomic mass is 9.89. The van der Waals surface area contributed by atoms with E-state index in [-0.39, 0.29) is 23.4 Å². The van der Waals surface area contributed by atoms with E-state index in [9.17, 15) is 13.2 Å². The number of benzene rings is 3. The fraction of sp³-hybridized carbons (Fsp3) is 0.321. The Hall–Kier alpha value is -2.83. The van der Waals surface area contributed by atoms with Gasteiger partial charge in [-0.05, 0) is 91.6 Å². The summed E-state index contributed by atoms with van der Waals surface area (Å²) in [4.78, 5) is 13.4. The zero-order chi connectivity index (χ0) is 25.0. The fourth-order valence-corrected chi connectivity index (χ4v) is 6.41. The first kappa shape index (κ1) is 25.3. The lowest BCUT2D eigenvalue weighted by molar-refractivity contribution is -0.120. The number of halogens is 1. The maximum Gasteiger partial charge on any atom is 0.264 e. The Labute approximate surface area is 213 Å². The number of aryl methyl sites for hydroxylation is 3. The second-order valence-corrected chi connectivity index (χ2v) is 11.3. The maximum atomic E-state index is 13.6.